The molecule has 4 nitrogen and oxygen atoms in total. The molecular weight excluding hydrogens is 365 g/mol. The van der Waals surface area contributed by atoms with E-state index in [9.17, 15) is 21.6 Å². The first-order valence-electron chi connectivity index (χ1n) is 9.05. The number of sulfonamides is 1. The topological polar surface area (TPSA) is 40.6 Å². The van der Waals surface area contributed by atoms with Crippen molar-refractivity contribution < 1.29 is 21.6 Å². The first-order valence-corrected chi connectivity index (χ1v) is 10.5. The largest absolute Gasteiger partial charge is 0.416 e. The predicted molar refractivity (Wildman–Crippen MR) is 93.2 cm³/mol. The Bertz CT molecular complexity index is 724. The SMILES string of the molecule is CC1CCC(C)N1C1CCCN(S(=O)(=O)c2ccc(C(F)(F)F)cc2)C1. The van der Waals surface area contributed by atoms with E-state index in [1.54, 1.807) is 0 Å². The molecule has 3 unspecified atom stereocenters. The first-order chi connectivity index (χ1) is 12.1. The highest BCUT2D eigenvalue weighted by Crippen LogP contribution is 2.33. The molecule has 0 saturated carbocycles. The lowest BCUT2D eigenvalue weighted by Gasteiger charge is -2.41. The van der Waals surface area contributed by atoms with Crippen LogP contribution in [0.4, 0.5) is 13.2 Å². The normalized spacial score (nSPS) is 29.2. The molecule has 8 heteroatoms. The van der Waals surface area contributed by atoms with Gasteiger partial charge in [0, 0.05) is 31.2 Å². The van der Waals surface area contributed by atoms with Gasteiger partial charge in [-0.3, -0.25) is 4.90 Å². The van der Waals surface area contributed by atoms with Gasteiger partial charge in [0.1, 0.15) is 0 Å². The fourth-order valence-corrected chi connectivity index (χ4v) is 5.80. The average Bonchev–Trinajstić information content (AvgIpc) is 2.93. The monoisotopic (exact) mass is 390 g/mol. The van der Waals surface area contributed by atoms with E-state index < -0.39 is 21.8 Å². The Kier molecular flexibility index (Phi) is 5.38. The van der Waals surface area contributed by atoms with Crippen molar-refractivity contribution in [3.05, 3.63) is 29.8 Å². The molecule has 0 N–H and O–H groups in total. The van der Waals surface area contributed by atoms with Crippen LogP contribution >= 0.6 is 0 Å². The third-order valence-corrected chi connectivity index (χ3v) is 7.50. The van der Waals surface area contributed by atoms with Gasteiger partial charge in [0.05, 0.1) is 10.5 Å². The average molecular weight is 390 g/mol. The molecule has 1 aromatic carbocycles. The smallest absolute Gasteiger partial charge is 0.294 e. The van der Waals surface area contributed by atoms with Gasteiger partial charge in [-0.05, 0) is 63.8 Å². The molecule has 0 aliphatic carbocycles. The van der Waals surface area contributed by atoms with Crippen molar-refractivity contribution in [2.45, 2.75) is 68.7 Å². The molecular formula is C18H25F3N2O2S. The number of hydrogen-bond acceptors (Lipinski definition) is 3. The van der Waals surface area contributed by atoms with Crippen molar-refractivity contribution >= 4 is 10.0 Å². The summed E-state index contributed by atoms with van der Waals surface area (Å²) in [4.78, 5) is 2.34. The lowest BCUT2D eigenvalue weighted by atomic mass is 10.0. The predicted octanol–water partition coefficient (Wildman–Crippen LogP) is 3.73. The number of likely N-dealkylation sites (tertiary alicyclic amines) is 1. The van der Waals surface area contributed by atoms with Crippen molar-refractivity contribution in [1.82, 2.24) is 9.21 Å². The lowest BCUT2D eigenvalue weighted by Crippen LogP contribution is -2.52. The van der Waals surface area contributed by atoms with Crippen LogP contribution in [0.2, 0.25) is 0 Å². The molecule has 2 aliphatic rings. The van der Waals surface area contributed by atoms with E-state index in [0.717, 1.165) is 49.9 Å². The van der Waals surface area contributed by atoms with E-state index in [-0.39, 0.29) is 10.9 Å². The van der Waals surface area contributed by atoms with Crippen molar-refractivity contribution in [2.24, 2.45) is 0 Å². The van der Waals surface area contributed by atoms with Gasteiger partial charge in [-0.1, -0.05) is 0 Å². The van der Waals surface area contributed by atoms with Crippen molar-refractivity contribution in [2.75, 3.05) is 13.1 Å². The maximum absolute atomic E-state index is 12.9. The van der Waals surface area contributed by atoms with E-state index in [1.807, 2.05) is 0 Å². The highest BCUT2D eigenvalue weighted by atomic mass is 32.2. The fourth-order valence-electron chi connectivity index (χ4n) is 4.28. The van der Waals surface area contributed by atoms with Crippen LogP contribution in [0.15, 0.2) is 29.2 Å². The molecule has 2 aliphatic heterocycles. The molecule has 26 heavy (non-hydrogen) atoms. The summed E-state index contributed by atoms with van der Waals surface area (Å²) in [7, 11) is -3.78. The van der Waals surface area contributed by atoms with Crippen LogP contribution in [-0.4, -0.2) is 48.8 Å². The zero-order chi connectivity index (χ0) is 19.1. The van der Waals surface area contributed by atoms with Crippen LogP contribution in [0.5, 0.6) is 0 Å². The number of nitrogens with zero attached hydrogens (tertiary/aromatic N) is 2. The van der Waals surface area contributed by atoms with Crippen molar-refractivity contribution in [3.63, 3.8) is 0 Å². The molecule has 3 atom stereocenters. The molecule has 2 saturated heterocycles. The fraction of sp³-hybridized carbons (Fsp3) is 0.667. The number of halogens is 3. The van der Waals surface area contributed by atoms with Crippen LogP contribution in [0.3, 0.4) is 0 Å². The minimum atomic E-state index is -4.47. The van der Waals surface area contributed by atoms with Gasteiger partial charge in [0.15, 0.2) is 0 Å². The second-order valence-electron chi connectivity index (χ2n) is 7.40. The minimum Gasteiger partial charge on any atom is -0.294 e. The number of alkyl halides is 3. The van der Waals surface area contributed by atoms with Crippen LogP contribution in [0, 0.1) is 0 Å². The van der Waals surface area contributed by atoms with Gasteiger partial charge in [0.25, 0.3) is 0 Å². The lowest BCUT2D eigenvalue weighted by molar-refractivity contribution is -0.137. The third-order valence-electron chi connectivity index (χ3n) is 5.62. The Morgan fingerprint density at radius 2 is 1.58 bits per heavy atom. The zero-order valence-electron chi connectivity index (χ0n) is 15.0. The quantitative estimate of drug-likeness (QED) is 0.790. The first kappa shape index (κ1) is 19.6. The number of benzene rings is 1. The van der Waals surface area contributed by atoms with E-state index in [1.165, 1.54) is 4.31 Å². The Labute approximate surface area is 153 Å². The summed E-state index contributed by atoms with van der Waals surface area (Å²) in [6.07, 6.45) is -0.526. The van der Waals surface area contributed by atoms with Crippen LogP contribution in [-0.2, 0) is 16.2 Å². The highest BCUT2D eigenvalue weighted by molar-refractivity contribution is 7.89. The number of hydrogen-bond donors (Lipinski definition) is 0. The minimum absolute atomic E-state index is 0.0753. The van der Waals surface area contributed by atoms with Crippen molar-refractivity contribution in [3.8, 4) is 0 Å². The van der Waals surface area contributed by atoms with Gasteiger partial charge >= 0.3 is 6.18 Å². The summed E-state index contributed by atoms with van der Waals surface area (Å²) >= 11 is 0. The molecule has 0 spiro atoms. The molecule has 0 bridgehead atoms. The molecule has 2 fully saturated rings. The summed E-state index contributed by atoms with van der Waals surface area (Å²) in [5, 5.41) is 0. The van der Waals surface area contributed by atoms with Crippen LogP contribution < -0.4 is 0 Å². The Hall–Kier alpha value is -1.12. The van der Waals surface area contributed by atoms with E-state index >= 15 is 0 Å². The van der Waals surface area contributed by atoms with Gasteiger partial charge in [-0.25, -0.2) is 8.42 Å². The second-order valence-corrected chi connectivity index (χ2v) is 9.34. The van der Waals surface area contributed by atoms with E-state index in [2.05, 4.69) is 18.7 Å². The zero-order valence-corrected chi connectivity index (χ0v) is 15.9. The molecule has 0 amide bonds. The molecule has 2 heterocycles. The Morgan fingerprint density at radius 3 is 2.12 bits per heavy atom. The summed E-state index contributed by atoms with van der Waals surface area (Å²) in [5.41, 5.74) is -0.840. The number of rotatable bonds is 3. The standard InChI is InChI=1S/C18H25F3N2O2S/c1-13-5-6-14(2)23(13)16-4-3-11-22(12-16)26(24,25)17-9-7-15(8-10-17)18(19,20)21/h7-10,13-14,16H,3-6,11-12H2,1-2H3. The summed E-state index contributed by atoms with van der Waals surface area (Å²) < 4.78 is 65.3. The van der Waals surface area contributed by atoms with Crippen molar-refractivity contribution in [1.29, 1.82) is 0 Å². The molecule has 3 rings (SSSR count). The van der Waals surface area contributed by atoms with Gasteiger partial charge in [-0.15, -0.1) is 0 Å². The molecule has 146 valence electrons. The molecule has 1 aromatic rings. The van der Waals surface area contributed by atoms with E-state index in [4.69, 9.17) is 0 Å². The van der Waals surface area contributed by atoms with Crippen LogP contribution in [0.25, 0.3) is 0 Å². The Balaban J connectivity index is 1.78. The maximum atomic E-state index is 12.9. The van der Waals surface area contributed by atoms with Crippen LogP contribution in [0.1, 0.15) is 45.1 Å². The van der Waals surface area contributed by atoms with Gasteiger partial charge in [0.2, 0.25) is 10.0 Å². The summed E-state index contributed by atoms with van der Waals surface area (Å²) in [5.74, 6) is 0. The van der Waals surface area contributed by atoms with E-state index in [0.29, 0.717) is 25.2 Å². The highest BCUT2D eigenvalue weighted by Gasteiger charge is 2.38. The molecule has 0 aromatic heterocycles. The third kappa shape index (κ3) is 3.77. The summed E-state index contributed by atoms with van der Waals surface area (Å²) in [6.45, 7) is 5.16. The second kappa shape index (κ2) is 7.13. The maximum Gasteiger partial charge on any atom is 0.416 e. The van der Waals surface area contributed by atoms with Gasteiger partial charge in [-0.2, -0.15) is 17.5 Å². The van der Waals surface area contributed by atoms with Gasteiger partial charge < -0.3 is 0 Å². The Morgan fingerprint density at radius 1 is 1.00 bits per heavy atom. The summed E-state index contributed by atoms with van der Waals surface area (Å²) in [6, 6.07) is 4.82. The molecule has 0 radical (unpaired) electrons. The number of piperidine rings is 1.